The Hall–Kier alpha value is -1.55. The van der Waals surface area contributed by atoms with E-state index in [0.29, 0.717) is 30.5 Å². The molecule has 3 fully saturated rings. The largest absolute Gasteiger partial charge is 0.481 e. The average molecular weight is 348 g/mol. The highest BCUT2D eigenvalue weighted by Crippen LogP contribution is 2.52. The zero-order valence-corrected chi connectivity index (χ0v) is 14.3. The molecular weight excluding hydrogens is 326 g/mol. The molecule has 5 heteroatoms. The Morgan fingerprint density at radius 2 is 1.92 bits per heavy atom. The van der Waals surface area contributed by atoms with E-state index in [9.17, 15) is 14.7 Å². The van der Waals surface area contributed by atoms with Gasteiger partial charge in [0.2, 0.25) is 5.91 Å². The van der Waals surface area contributed by atoms with Crippen molar-refractivity contribution >= 4 is 23.5 Å². The number of nitrogens with zero attached hydrogens (tertiary/aromatic N) is 1. The number of amides is 1. The van der Waals surface area contributed by atoms with Crippen molar-refractivity contribution in [2.45, 2.75) is 32.1 Å². The second-order valence-electron chi connectivity index (χ2n) is 7.70. The smallest absolute Gasteiger partial charge is 0.308 e. The second kappa shape index (κ2) is 5.76. The minimum absolute atomic E-state index is 0.136. The number of benzene rings is 1. The third-order valence-electron chi connectivity index (χ3n) is 5.99. The predicted octanol–water partition coefficient (Wildman–Crippen LogP) is 3.23. The number of likely N-dealkylation sites (tertiary alicyclic amines) is 1. The highest BCUT2D eigenvalue weighted by atomic mass is 35.5. The lowest BCUT2D eigenvalue weighted by molar-refractivity contribution is -0.143. The van der Waals surface area contributed by atoms with Gasteiger partial charge in [-0.05, 0) is 55.6 Å². The fraction of sp³-hybridized carbons (Fsp3) is 0.579. The quantitative estimate of drug-likeness (QED) is 0.889. The van der Waals surface area contributed by atoms with Crippen LogP contribution in [0.4, 0.5) is 0 Å². The minimum Gasteiger partial charge on any atom is -0.481 e. The van der Waals surface area contributed by atoms with E-state index in [2.05, 4.69) is 0 Å². The summed E-state index contributed by atoms with van der Waals surface area (Å²) in [5, 5.41) is 10.2. The van der Waals surface area contributed by atoms with Gasteiger partial charge >= 0.3 is 5.97 Å². The molecule has 24 heavy (non-hydrogen) atoms. The highest BCUT2D eigenvalue weighted by Gasteiger charge is 2.55. The first-order chi connectivity index (χ1) is 11.5. The van der Waals surface area contributed by atoms with E-state index in [-0.39, 0.29) is 17.2 Å². The van der Waals surface area contributed by atoms with E-state index in [1.807, 2.05) is 29.2 Å². The highest BCUT2D eigenvalue weighted by molar-refractivity contribution is 6.31. The molecule has 1 N–H and O–H groups in total. The molecule has 1 aliphatic heterocycles. The number of hydrogen-bond acceptors (Lipinski definition) is 2. The normalized spacial score (nSPS) is 28.0. The Kier molecular flexibility index (Phi) is 3.83. The third-order valence-corrected chi connectivity index (χ3v) is 6.36. The molecule has 2 saturated carbocycles. The fourth-order valence-corrected chi connectivity index (χ4v) is 4.42. The minimum atomic E-state index is -0.752. The summed E-state index contributed by atoms with van der Waals surface area (Å²) in [6.07, 6.45) is 4.63. The van der Waals surface area contributed by atoms with Gasteiger partial charge in [0.15, 0.2) is 0 Å². The van der Waals surface area contributed by atoms with Gasteiger partial charge in [0.05, 0.1) is 11.3 Å². The summed E-state index contributed by atoms with van der Waals surface area (Å²) in [6, 6.07) is 7.68. The number of carboxylic acids is 1. The number of halogens is 1. The van der Waals surface area contributed by atoms with Gasteiger partial charge in [-0.2, -0.15) is 0 Å². The number of carbonyl (C=O) groups is 2. The molecule has 2 aliphatic carbocycles. The Balaban J connectivity index is 1.49. The molecule has 0 unspecified atom stereocenters. The fourth-order valence-electron chi connectivity index (χ4n) is 4.22. The van der Waals surface area contributed by atoms with Gasteiger partial charge in [0, 0.05) is 18.1 Å². The summed E-state index contributed by atoms with van der Waals surface area (Å²) in [7, 11) is 0. The van der Waals surface area contributed by atoms with Crippen LogP contribution in [0.3, 0.4) is 0 Å². The van der Waals surface area contributed by atoms with E-state index in [0.717, 1.165) is 31.2 Å². The average Bonchev–Trinajstić information content (AvgIpc) is 3.48. The lowest BCUT2D eigenvalue weighted by atomic mass is 9.92. The molecule has 2 atom stereocenters. The van der Waals surface area contributed by atoms with Crippen LogP contribution in [-0.2, 0) is 16.0 Å². The van der Waals surface area contributed by atoms with Crippen molar-refractivity contribution in [3.05, 3.63) is 34.9 Å². The molecule has 1 aromatic carbocycles. The first kappa shape index (κ1) is 15.9. The van der Waals surface area contributed by atoms with Crippen molar-refractivity contribution in [1.82, 2.24) is 4.90 Å². The van der Waals surface area contributed by atoms with E-state index in [1.54, 1.807) is 0 Å². The van der Waals surface area contributed by atoms with Crippen molar-refractivity contribution in [3.8, 4) is 0 Å². The Bertz CT molecular complexity index is 681. The first-order valence-electron chi connectivity index (χ1n) is 8.76. The van der Waals surface area contributed by atoms with Gasteiger partial charge in [-0.3, -0.25) is 9.59 Å². The molecule has 0 aromatic heterocycles. The van der Waals surface area contributed by atoms with Crippen LogP contribution in [0.1, 0.15) is 31.2 Å². The van der Waals surface area contributed by atoms with Crippen molar-refractivity contribution in [3.63, 3.8) is 0 Å². The summed E-state index contributed by atoms with van der Waals surface area (Å²) in [5.74, 6) is -0.363. The van der Waals surface area contributed by atoms with Gasteiger partial charge in [-0.1, -0.05) is 29.8 Å². The number of rotatable bonds is 5. The lowest BCUT2D eigenvalue weighted by Gasteiger charge is -2.23. The van der Waals surface area contributed by atoms with E-state index in [4.69, 9.17) is 11.6 Å². The number of carbonyl (C=O) groups excluding carboxylic acids is 1. The van der Waals surface area contributed by atoms with Gasteiger partial charge in [-0.15, -0.1) is 0 Å². The van der Waals surface area contributed by atoms with Gasteiger partial charge in [-0.25, -0.2) is 0 Å². The zero-order chi connectivity index (χ0) is 16.9. The topological polar surface area (TPSA) is 57.6 Å². The Morgan fingerprint density at radius 1 is 1.21 bits per heavy atom. The van der Waals surface area contributed by atoms with Crippen LogP contribution in [0, 0.1) is 23.2 Å². The molecule has 4 nitrogen and oxygen atoms in total. The number of hydrogen-bond donors (Lipinski definition) is 1. The van der Waals surface area contributed by atoms with Gasteiger partial charge in [0.1, 0.15) is 0 Å². The summed E-state index contributed by atoms with van der Waals surface area (Å²) >= 11 is 6.26. The van der Waals surface area contributed by atoms with Crippen molar-refractivity contribution < 1.29 is 14.7 Å². The van der Waals surface area contributed by atoms with Gasteiger partial charge < -0.3 is 10.0 Å². The van der Waals surface area contributed by atoms with Crippen molar-refractivity contribution in [1.29, 1.82) is 0 Å². The predicted molar refractivity (Wildman–Crippen MR) is 90.7 cm³/mol. The molecule has 128 valence electrons. The molecular formula is C19H22ClNO3. The van der Waals surface area contributed by atoms with E-state index >= 15 is 0 Å². The van der Waals surface area contributed by atoms with Crippen LogP contribution in [0.2, 0.25) is 5.02 Å². The van der Waals surface area contributed by atoms with Crippen LogP contribution >= 0.6 is 11.6 Å². The molecule has 0 bridgehead atoms. The molecule has 0 spiro atoms. The molecule has 1 saturated heterocycles. The SMILES string of the molecule is O=C(O)[C@H]1CN(C(=O)C2(Cc3ccccc3Cl)CC2)C[C@@H]1C1CC1. The molecule has 1 amide bonds. The van der Waals surface area contributed by atoms with Gasteiger partial charge in [0.25, 0.3) is 0 Å². The van der Waals surface area contributed by atoms with Crippen LogP contribution in [-0.4, -0.2) is 35.0 Å². The Morgan fingerprint density at radius 3 is 2.50 bits per heavy atom. The monoisotopic (exact) mass is 347 g/mol. The molecule has 4 rings (SSSR count). The van der Waals surface area contributed by atoms with Crippen LogP contribution in [0.25, 0.3) is 0 Å². The maximum absolute atomic E-state index is 13.1. The molecule has 1 aromatic rings. The third kappa shape index (κ3) is 2.81. The van der Waals surface area contributed by atoms with Crippen molar-refractivity contribution in [2.24, 2.45) is 23.2 Å². The summed E-state index contributed by atoms with van der Waals surface area (Å²) in [5.41, 5.74) is 0.657. The zero-order valence-electron chi connectivity index (χ0n) is 13.6. The van der Waals surface area contributed by atoms with Crippen LogP contribution < -0.4 is 0 Å². The second-order valence-corrected chi connectivity index (χ2v) is 8.11. The summed E-state index contributed by atoms with van der Waals surface area (Å²) < 4.78 is 0. The molecule has 3 aliphatic rings. The van der Waals surface area contributed by atoms with Crippen LogP contribution in [0.5, 0.6) is 0 Å². The van der Waals surface area contributed by atoms with Crippen LogP contribution in [0.15, 0.2) is 24.3 Å². The standard InChI is InChI=1S/C19H22ClNO3/c20-16-4-2-1-3-13(16)9-19(7-8-19)18(24)21-10-14(12-5-6-12)15(11-21)17(22)23/h1-4,12,14-15H,5-11H2,(H,22,23)/t14-,15+/m1/s1. The lowest BCUT2D eigenvalue weighted by Crippen LogP contribution is -2.37. The summed E-state index contributed by atoms with van der Waals surface area (Å²) in [4.78, 5) is 26.5. The molecule has 1 heterocycles. The maximum Gasteiger partial charge on any atom is 0.308 e. The van der Waals surface area contributed by atoms with Crippen molar-refractivity contribution in [2.75, 3.05) is 13.1 Å². The maximum atomic E-state index is 13.1. The first-order valence-corrected chi connectivity index (χ1v) is 9.13. The van der Waals surface area contributed by atoms with E-state index in [1.165, 1.54) is 0 Å². The number of aliphatic carboxylic acids is 1. The summed E-state index contributed by atoms with van der Waals surface area (Å²) in [6.45, 7) is 0.990. The number of carboxylic acid groups (broad SMARTS) is 1. The Labute approximate surface area is 146 Å². The molecule has 0 radical (unpaired) electrons. The van der Waals surface area contributed by atoms with E-state index < -0.39 is 11.9 Å².